The van der Waals surface area contributed by atoms with Crippen molar-refractivity contribution in [1.29, 1.82) is 0 Å². The topological polar surface area (TPSA) is 20.3 Å². The van der Waals surface area contributed by atoms with Gasteiger partial charge in [0.1, 0.15) is 0 Å². The number of carbonyl (C=O) groups excluding carboxylic acids is 1. The summed E-state index contributed by atoms with van der Waals surface area (Å²) in [7, 11) is 0. The van der Waals surface area contributed by atoms with Crippen molar-refractivity contribution in [3.05, 3.63) is 0 Å². The summed E-state index contributed by atoms with van der Waals surface area (Å²) in [5.41, 5.74) is -0.207. The summed E-state index contributed by atoms with van der Waals surface area (Å²) in [6, 6.07) is 0. The van der Waals surface area contributed by atoms with Gasteiger partial charge in [0, 0.05) is 18.5 Å². The lowest BCUT2D eigenvalue weighted by atomic mass is 9.74. The third kappa shape index (κ3) is 2.41. The molecule has 0 bridgehead atoms. The Morgan fingerprint density at radius 1 is 1.06 bits per heavy atom. The zero-order valence-corrected chi connectivity index (χ0v) is 11.0. The van der Waals surface area contributed by atoms with E-state index in [2.05, 4.69) is 4.90 Å². The summed E-state index contributed by atoms with van der Waals surface area (Å²) in [6.45, 7) is 8.12. The van der Waals surface area contributed by atoms with E-state index in [0.29, 0.717) is 5.91 Å². The molecule has 1 unspecified atom stereocenters. The Morgan fingerprint density at radius 2 is 1.69 bits per heavy atom. The van der Waals surface area contributed by atoms with Crippen LogP contribution in [0.15, 0.2) is 0 Å². The molecule has 1 saturated heterocycles. The zero-order valence-electron chi connectivity index (χ0n) is 11.0. The van der Waals surface area contributed by atoms with Gasteiger partial charge in [-0.05, 0) is 24.7 Å². The van der Waals surface area contributed by atoms with Crippen LogP contribution in [-0.4, -0.2) is 23.9 Å². The number of amides is 1. The molecule has 0 aromatic heterocycles. The fourth-order valence-corrected chi connectivity index (χ4v) is 3.26. The van der Waals surface area contributed by atoms with Crippen molar-refractivity contribution in [2.45, 2.75) is 52.9 Å². The van der Waals surface area contributed by atoms with Crippen LogP contribution in [0.5, 0.6) is 0 Å². The quantitative estimate of drug-likeness (QED) is 0.618. The van der Waals surface area contributed by atoms with E-state index in [9.17, 15) is 4.79 Å². The smallest absolute Gasteiger partial charge is 0.227 e. The lowest BCUT2D eigenvalue weighted by molar-refractivity contribution is -0.142. The molecule has 0 N–H and O–H groups in total. The van der Waals surface area contributed by atoms with Gasteiger partial charge in [-0.1, -0.05) is 40.0 Å². The van der Waals surface area contributed by atoms with Crippen molar-refractivity contribution >= 4 is 5.91 Å². The van der Waals surface area contributed by atoms with Crippen LogP contribution in [0, 0.1) is 17.3 Å². The molecule has 0 aromatic carbocycles. The third-order valence-electron chi connectivity index (χ3n) is 4.22. The third-order valence-corrected chi connectivity index (χ3v) is 4.22. The fourth-order valence-electron chi connectivity index (χ4n) is 3.26. The normalized spacial score (nSPS) is 31.1. The predicted octanol–water partition coefficient (Wildman–Crippen LogP) is 3.07. The van der Waals surface area contributed by atoms with E-state index < -0.39 is 0 Å². The molecule has 1 heterocycles. The molecular weight excluding hydrogens is 198 g/mol. The van der Waals surface area contributed by atoms with E-state index in [1.54, 1.807) is 0 Å². The standard InChI is InChI=1S/C14H25NO/c1-14(2,3)13(16)15-9-8-11-6-4-5-7-12(11)10-15/h11-12H,4-10H2,1-3H3/t11?,12-/m0/s1. The lowest BCUT2D eigenvalue weighted by Gasteiger charge is -2.43. The average molecular weight is 223 g/mol. The number of rotatable bonds is 0. The minimum absolute atomic E-state index is 0.207. The Balaban J connectivity index is 1.97. The van der Waals surface area contributed by atoms with E-state index in [1.807, 2.05) is 20.8 Å². The van der Waals surface area contributed by atoms with Crippen LogP contribution in [0.1, 0.15) is 52.9 Å². The maximum Gasteiger partial charge on any atom is 0.227 e. The number of hydrogen-bond donors (Lipinski definition) is 0. The predicted molar refractivity (Wildman–Crippen MR) is 66.1 cm³/mol. The largest absolute Gasteiger partial charge is 0.342 e. The van der Waals surface area contributed by atoms with Crippen LogP contribution in [0.2, 0.25) is 0 Å². The number of hydrogen-bond acceptors (Lipinski definition) is 1. The van der Waals surface area contributed by atoms with E-state index in [0.717, 1.165) is 24.9 Å². The van der Waals surface area contributed by atoms with Crippen LogP contribution in [0.4, 0.5) is 0 Å². The number of carbonyl (C=O) groups is 1. The van der Waals surface area contributed by atoms with Crippen molar-refractivity contribution in [3.8, 4) is 0 Å². The highest BCUT2D eigenvalue weighted by Gasteiger charge is 2.35. The highest BCUT2D eigenvalue weighted by atomic mass is 16.2. The molecule has 0 aromatic rings. The summed E-state index contributed by atoms with van der Waals surface area (Å²) in [4.78, 5) is 14.3. The van der Waals surface area contributed by atoms with Crippen LogP contribution in [-0.2, 0) is 4.79 Å². The Labute approximate surface area is 99.4 Å². The van der Waals surface area contributed by atoms with Gasteiger partial charge in [-0.25, -0.2) is 0 Å². The number of piperidine rings is 1. The molecule has 92 valence electrons. The Kier molecular flexibility index (Phi) is 3.27. The SMILES string of the molecule is CC(C)(C)C(=O)N1CCC2CCCC[C@H]2C1. The zero-order chi connectivity index (χ0) is 11.8. The highest BCUT2D eigenvalue weighted by Crippen LogP contribution is 2.37. The van der Waals surface area contributed by atoms with Gasteiger partial charge in [0.05, 0.1) is 0 Å². The highest BCUT2D eigenvalue weighted by molar-refractivity contribution is 5.81. The van der Waals surface area contributed by atoms with Gasteiger partial charge in [0.15, 0.2) is 0 Å². The first-order valence-electron chi connectivity index (χ1n) is 6.78. The summed E-state index contributed by atoms with van der Waals surface area (Å²) in [5, 5.41) is 0. The van der Waals surface area contributed by atoms with E-state index in [4.69, 9.17) is 0 Å². The molecule has 2 fully saturated rings. The molecule has 1 amide bonds. The molecule has 16 heavy (non-hydrogen) atoms. The van der Waals surface area contributed by atoms with Crippen molar-refractivity contribution in [2.24, 2.45) is 17.3 Å². The van der Waals surface area contributed by atoms with Gasteiger partial charge in [-0.3, -0.25) is 4.79 Å². The van der Waals surface area contributed by atoms with Gasteiger partial charge in [-0.2, -0.15) is 0 Å². The molecule has 2 nitrogen and oxygen atoms in total. The Bertz CT molecular complexity index is 266. The van der Waals surface area contributed by atoms with Gasteiger partial charge in [-0.15, -0.1) is 0 Å². The molecule has 2 aliphatic rings. The molecule has 2 rings (SSSR count). The molecule has 2 atom stereocenters. The van der Waals surface area contributed by atoms with Crippen LogP contribution in [0.25, 0.3) is 0 Å². The minimum Gasteiger partial charge on any atom is -0.342 e. The van der Waals surface area contributed by atoms with Gasteiger partial charge >= 0.3 is 0 Å². The summed E-state index contributed by atoms with van der Waals surface area (Å²) < 4.78 is 0. The summed E-state index contributed by atoms with van der Waals surface area (Å²) in [5.74, 6) is 2.06. The van der Waals surface area contributed by atoms with Crippen LogP contribution < -0.4 is 0 Å². The molecule has 0 radical (unpaired) electrons. The average Bonchev–Trinajstić information content (AvgIpc) is 2.26. The Morgan fingerprint density at radius 3 is 2.31 bits per heavy atom. The van der Waals surface area contributed by atoms with Gasteiger partial charge in [0.25, 0.3) is 0 Å². The monoisotopic (exact) mass is 223 g/mol. The Hall–Kier alpha value is -0.530. The molecule has 2 heteroatoms. The van der Waals surface area contributed by atoms with Crippen LogP contribution >= 0.6 is 0 Å². The van der Waals surface area contributed by atoms with Crippen molar-refractivity contribution < 1.29 is 4.79 Å². The molecule has 0 spiro atoms. The van der Waals surface area contributed by atoms with Gasteiger partial charge < -0.3 is 4.90 Å². The van der Waals surface area contributed by atoms with E-state index in [-0.39, 0.29) is 5.41 Å². The first-order valence-corrected chi connectivity index (χ1v) is 6.78. The van der Waals surface area contributed by atoms with Gasteiger partial charge in [0.2, 0.25) is 5.91 Å². The summed E-state index contributed by atoms with van der Waals surface area (Å²) in [6.07, 6.45) is 6.78. The van der Waals surface area contributed by atoms with Crippen molar-refractivity contribution in [1.82, 2.24) is 4.90 Å². The first-order chi connectivity index (χ1) is 7.48. The fraction of sp³-hybridized carbons (Fsp3) is 0.929. The second-order valence-electron chi connectivity index (χ2n) is 6.59. The van der Waals surface area contributed by atoms with Crippen LogP contribution in [0.3, 0.4) is 0 Å². The lowest BCUT2D eigenvalue weighted by Crippen LogP contribution is -2.48. The molecule has 1 aliphatic carbocycles. The summed E-state index contributed by atoms with van der Waals surface area (Å²) >= 11 is 0. The number of likely N-dealkylation sites (tertiary alicyclic amines) is 1. The number of fused-ring (bicyclic) bond motifs is 1. The second kappa shape index (κ2) is 4.38. The first kappa shape index (κ1) is 11.9. The maximum atomic E-state index is 12.2. The minimum atomic E-state index is -0.207. The van der Waals surface area contributed by atoms with Crippen molar-refractivity contribution in [3.63, 3.8) is 0 Å². The maximum absolute atomic E-state index is 12.2. The molecular formula is C14H25NO. The van der Waals surface area contributed by atoms with E-state index >= 15 is 0 Å². The number of nitrogens with zero attached hydrogens (tertiary/aromatic N) is 1. The van der Waals surface area contributed by atoms with E-state index in [1.165, 1.54) is 32.1 Å². The van der Waals surface area contributed by atoms with Crippen molar-refractivity contribution in [2.75, 3.05) is 13.1 Å². The second-order valence-corrected chi connectivity index (χ2v) is 6.59. The molecule has 1 aliphatic heterocycles. The molecule has 1 saturated carbocycles.